The van der Waals surface area contributed by atoms with Crippen LogP contribution in [0.3, 0.4) is 0 Å². The molecule has 6 nitrogen and oxygen atoms in total. The normalized spacial score (nSPS) is 18.4. The number of likely N-dealkylation sites (tertiary alicyclic amines) is 1. The Bertz CT molecular complexity index is 1010. The lowest BCUT2D eigenvalue weighted by Gasteiger charge is -2.35. The van der Waals surface area contributed by atoms with Gasteiger partial charge in [-0.3, -0.25) is 14.5 Å². The van der Waals surface area contributed by atoms with Gasteiger partial charge in [0.2, 0.25) is 11.8 Å². The van der Waals surface area contributed by atoms with Gasteiger partial charge in [0.15, 0.2) is 5.82 Å². The monoisotopic (exact) mass is 438 g/mol. The van der Waals surface area contributed by atoms with Crippen LogP contribution in [0.1, 0.15) is 68.2 Å². The van der Waals surface area contributed by atoms with Gasteiger partial charge in [-0.25, -0.2) is 14.4 Å². The molecular formula is C25H31FN4O2. The number of amides is 2. The lowest BCUT2D eigenvalue weighted by atomic mass is 9.99. The quantitative estimate of drug-likeness (QED) is 0.679. The maximum Gasteiger partial charge on any atom is 0.232 e. The molecule has 0 N–H and O–H groups in total. The van der Waals surface area contributed by atoms with Crippen LogP contribution in [0.2, 0.25) is 0 Å². The summed E-state index contributed by atoms with van der Waals surface area (Å²) in [4.78, 5) is 38.9. The predicted octanol–water partition coefficient (Wildman–Crippen LogP) is 4.16. The molecular weight excluding hydrogens is 407 g/mol. The summed E-state index contributed by atoms with van der Waals surface area (Å²) < 4.78 is 13.2. The Morgan fingerprint density at radius 1 is 1.19 bits per heavy atom. The van der Waals surface area contributed by atoms with Crippen molar-refractivity contribution in [2.24, 2.45) is 5.92 Å². The highest BCUT2D eigenvalue weighted by Crippen LogP contribution is 2.35. The summed E-state index contributed by atoms with van der Waals surface area (Å²) in [6, 6.07) is 6.21. The SMILES string of the molecule is Cc1nc([C@@H]2CCCCN2C(=O)CC(C)C)nc2c1CC(=O)N2CCc1ccc(F)cc1. The van der Waals surface area contributed by atoms with Crippen LogP contribution in [0.5, 0.6) is 0 Å². The molecule has 1 fully saturated rings. The van der Waals surface area contributed by atoms with Crippen LogP contribution in [-0.2, 0) is 22.4 Å². The summed E-state index contributed by atoms with van der Waals surface area (Å²) in [6.45, 7) is 7.23. The zero-order chi connectivity index (χ0) is 22.8. The average molecular weight is 439 g/mol. The Kier molecular flexibility index (Phi) is 6.53. The van der Waals surface area contributed by atoms with Crippen molar-refractivity contribution in [3.63, 3.8) is 0 Å². The van der Waals surface area contributed by atoms with Gasteiger partial charge in [0, 0.05) is 30.8 Å². The van der Waals surface area contributed by atoms with E-state index in [0.717, 1.165) is 42.6 Å². The van der Waals surface area contributed by atoms with E-state index >= 15 is 0 Å². The fourth-order valence-corrected chi connectivity index (χ4v) is 4.63. The van der Waals surface area contributed by atoms with Crippen molar-refractivity contribution in [2.75, 3.05) is 18.0 Å². The number of nitrogens with zero attached hydrogens (tertiary/aromatic N) is 4. The van der Waals surface area contributed by atoms with Crippen LogP contribution in [0.25, 0.3) is 0 Å². The van der Waals surface area contributed by atoms with Crippen LogP contribution in [0, 0.1) is 18.7 Å². The van der Waals surface area contributed by atoms with Gasteiger partial charge in [-0.2, -0.15) is 0 Å². The first-order chi connectivity index (χ1) is 15.3. The van der Waals surface area contributed by atoms with E-state index in [-0.39, 0.29) is 23.7 Å². The van der Waals surface area contributed by atoms with Crippen LogP contribution in [0.4, 0.5) is 10.2 Å². The highest BCUT2D eigenvalue weighted by atomic mass is 19.1. The number of aryl methyl sites for hydroxylation is 1. The Labute approximate surface area is 188 Å². The summed E-state index contributed by atoms with van der Waals surface area (Å²) in [7, 11) is 0. The number of anilines is 1. The van der Waals surface area contributed by atoms with Crippen molar-refractivity contribution in [3.05, 3.63) is 52.7 Å². The molecule has 0 radical (unpaired) electrons. The molecule has 0 saturated carbocycles. The molecule has 2 aromatic rings. The largest absolute Gasteiger partial charge is 0.332 e. The van der Waals surface area contributed by atoms with Gasteiger partial charge in [-0.05, 0) is 56.2 Å². The average Bonchev–Trinajstić information content (AvgIpc) is 3.08. The maximum atomic E-state index is 13.2. The fourth-order valence-electron chi connectivity index (χ4n) is 4.63. The second-order valence-electron chi connectivity index (χ2n) is 9.26. The molecule has 2 aliphatic heterocycles. The van der Waals surface area contributed by atoms with Gasteiger partial charge >= 0.3 is 0 Å². The molecule has 1 saturated heterocycles. The first kappa shape index (κ1) is 22.4. The van der Waals surface area contributed by atoms with E-state index in [1.54, 1.807) is 17.0 Å². The number of carbonyl (C=O) groups is 2. The van der Waals surface area contributed by atoms with Crippen LogP contribution >= 0.6 is 0 Å². The summed E-state index contributed by atoms with van der Waals surface area (Å²) in [6.07, 6.45) is 4.29. The minimum absolute atomic E-state index is 0.00745. The number of halogens is 1. The molecule has 1 aromatic heterocycles. The third kappa shape index (κ3) is 4.66. The number of fused-ring (bicyclic) bond motifs is 1. The first-order valence-electron chi connectivity index (χ1n) is 11.5. The third-order valence-corrected chi connectivity index (χ3v) is 6.34. The Morgan fingerprint density at radius 3 is 2.66 bits per heavy atom. The van der Waals surface area contributed by atoms with Crippen molar-refractivity contribution >= 4 is 17.6 Å². The van der Waals surface area contributed by atoms with Gasteiger partial charge in [-0.1, -0.05) is 26.0 Å². The van der Waals surface area contributed by atoms with E-state index < -0.39 is 0 Å². The molecule has 4 rings (SSSR count). The number of carbonyl (C=O) groups excluding carboxylic acids is 2. The van der Waals surface area contributed by atoms with E-state index in [1.165, 1.54) is 12.1 Å². The number of piperidine rings is 1. The molecule has 32 heavy (non-hydrogen) atoms. The van der Waals surface area contributed by atoms with Crippen molar-refractivity contribution in [2.45, 2.75) is 65.3 Å². The first-order valence-corrected chi connectivity index (χ1v) is 11.5. The molecule has 3 heterocycles. The molecule has 0 aliphatic carbocycles. The summed E-state index contributed by atoms with van der Waals surface area (Å²) >= 11 is 0. The lowest BCUT2D eigenvalue weighted by Crippen LogP contribution is -2.40. The molecule has 0 bridgehead atoms. The lowest BCUT2D eigenvalue weighted by molar-refractivity contribution is -0.136. The Morgan fingerprint density at radius 2 is 1.94 bits per heavy atom. The number of hydrogen-bond acceptors (Lipinski definition) is 4. The number of hydrogen-bond donors (Lipinski definition) is 0. The third-order valence-electron chi connectivity index (χ3n) is 6.34. The van der Waals surface area contributed by atoms with E-state index in [1.807, 2.05) is 11.8 Å². The van der Waals surface area contributed by atoms with Crippen molar-refractivity contribution < 1.29 is 14.0 Å². The zero-order valence-corrected chi connectivity index (χ0v) is 19.1. The van der Waals surface area contributed by atoms with E-state index in [9.17, 15) is 14.0 Å². The predicted molar refractivity (Wildman–Crippen MR) is 121 cm³/mol. The molecule has 0 unspecified atom stereocenters. The highest BCUT2D eigenvalue weighted by Gasteiger charge is 2.35. The zero-order valence-electron chi connectivity index (χ0n) is 19.1. The molecule has 2 aliphatic rings. The molecule has 1 aromatic carbocycles. The molecule has 7 heteroatoms. The highest BCUT2D eigenvalue weighted by molar-refractivity contribution is 6.00. The molecule has 2 amide bonds. The van der Waals surface area contributed by atoms with Gasteiger partial charge in [0.05, 0.1) is 12.5 Å². The number of benzene rings is 1. The molecule has 170 valence electrons. The van der Waals surface area contributed by atoms with Crippen LogP contribution < -0.4 is 4.90 Å². The standard InChI is InChI=1S/C25H31FN4O2/c1-16(2)14-22(31)29-12-5-4-6-21(29)24-27-17(3)20-15-23(32)30(25(20)28-24)13-11-18-7-9-19(26)10-8-18/h7-10,16,21H,4-6,11-15H2,1-3H3/t21-/m0/s1. The summed E-state index contributed by atoms with van der Waals surface area (Å²) in [5, 5.41) is 0. The summed E-state index contributed by atoms with van der Waals surface area (Å²) in [5.41, 5.74) is 2.65. The minimum Gasteiger partial charge on any atom is -0.332 e. The van der Waals surface area contributed by atoms with E-state index in [4.69, 9.17) is 9.97 Å². The van der Waals surface area contributed by atoms with Gasteiger partial charge in [0.25, 0.3) is 0 Å². The second kappa shape index (κ2) is 9.35. The van der Waals surface area contributed by atoms with E-state index in [2.05, 4.69) is 13.8 Å². The number of rotatable bonds is 6. The smallest absolute Gasteiger partial charge is 0.232 e. The Hall–Kier alpha value is -2.83. The Balaban J connectivity index is 1.59. The van der Waals surface area contributed by atoms with Gasteiger partial charge < -0.3 is 4.90 Å². The van der Waals surface area contributed by atoms with Gasteiger partial charge in [-0.15, -0.1) is 0 Å². The topological polar surface area (TPSA) is 66.4 Å². The molecule has 0 spiro atoms. The van der Waals surface area contributed by atoms with Crippen molar-refractivity contribution in [1.82, 2.24) is 14.9 Å². The summed E-state index contributed by atoms with van der Waals surface area (Å²) in [5.74, 6) is 1.49. The minimum atomic E-state index is -0.270. The van der Waals surface area contributed by atoms with Crippen LogP contribution in [0.15, 0.2) is 24.3 Å². The second-order valence-corrected chi connectivity index (χ2v) is 9.26. The van der Waals surface area contributed by atoms with Crippen LogP contribution in [-0.4, -0.2) is 39.8 Å². The maximum absolute atomic E-state index is 13.2. The van der Waals surface area contributed by atoms with Crippen molar-refractivity contribution in [3.8, 4) is 0 Å². The fraction of sp³-hybridized carbons (Fsp3) is 0.520. The van der Waals surface area contributed by atoms with Crippen molar-refractivity contribution in [1.29, 1.82) is 0 Å². The number of aromatic nitrogens is 2. The molecule has 1 atom stereocenters. The van der Waals surface area contributed by atoms with Gasteiger partial charge in [0.1, 0.15) is 11.6 Å². The van der Waals surface area contributed by atoms with E-state index in [0.29, 0.717) is 43.4 Å².